The summed E-state index contributed by atoms with van der Waals surface area (Å²) in [5.41, 5.74) is 3.62. The summed E-state index contributed by atoms with van der Waals surface area (Å²) >= 11 is 3.48. The highest BCUT2D eigenvalue weighted by atomic mass is 79.9. The molecular formula is C16H15BrN2O2. The second-order valence-corrected chi connectivity index (χ2v) is 6.01. The molecule has 3 rings (SSSR count). The van der Waals surface area contributed by atoms with Gasteiger partial charge in [0, 0.05) is 12.4 Å². The third kappa shape index (κ3) is 2.53. The number of hydrogen-bond acceptors (Lipinski definition) is 3. The summed E-state index contributed by atoms with van der Waals surface area (Å²) < 4.78 is 8.26. The van der Waals surface area contributed by atoms with Crippen molar-refractivity contribution in [3.63, 3.8) is 0 Å². The van der Waals surface area contributed by atoms with Crippen LogP contribution < -0.4 is 0 Å². The van der Waals surface area contributed by atoms with Crippen LogP contribution in [0.25, 0.3) is 11.0 Å². The minimum atomic E-state index is -0.0486. The number of halogens is 1. The molecule has 2 aromatic heterocycles. The molecule has 0 bridgehead atoms. The smallest absolute Gasteiger partial charge is 0.203 e. The van der Waals surface area contributed by atoms with E-state index in [1.165, 1.54) is 0 Å². The van der Waals surface area contributed by atoms with Crippen LogP contribution in [0.1, 0.15) is 27.5 Å². The molecule has 0 fully saturated rings. The van der Waals surface area contributed by atoms with Crippen molar-refractivity contribution in [1.29, 1.82) is 0 Å². The second-order valence-electron chi connectivity index (χ2n) is 5.22. The van der Waals surface area contributed by atoms with Crippen LogP contribution in [0.15, 0.2) is 33.2 Å². The lowest BCUT2D eigenvalue weighted by atomic mass is 10.1. The lowest BCUT2D eigenvalue weighted by Crippen LogP contribution is -2.07. The monoisotopic (exact) mass is 346 g/mol. The summed E-state index contributed by atoms with van der Waals surface area (Å²) in [5.74, 6) is 0.342. The molecule has 5 heteroatoms. The number of aryl methyl sites for hydroxylation is 3. The third-order valence-corrected chi connectivity index (χ3v) is 4.57. The number of aromatic nitrogens is 2. The molecule has 0 aliphatic heterocycles. The van der Waals surface area contributed by atoms with Gasteiger partial charge in [0.05, 0.1) is 22.3 Å². The molecule has 4 nitrogen and oxygen atoms in total. The maximum atomic E-state index is 12.4. The predicted molar refractivity (Wildman–Crippen MR) is 84.6 cm³/mol. The van der Waals surface area contributed by atoms with Crippen LogP contribution in [-0.2, 0) is 13.5 Å². The normalized spacial score (nSPS) is 11.2. The molecule has 0 aliphatic rings. The van der Waals surface area contributed by atoms with Crippen LogP contribution >= 0.6 is 15.9 Å². The number of rotatable bonds is 3. The van der Waals surface area contributed by atoms with Gasteiger partial charge in [-0.25, -0.2) is 0 Å². The zero-order chi connectivity index (χ0) is 15.1. The van der Waals surface area contributed by atoms with Gasteiger partial charge in [0.25, 0.3) is 0 Å². The molecule has 0 saturated carbocycles. The van der Waals surface area contributed by atoms with Crippen molar-refractivity contribution >= 4 is 32.7 Å². The summed E-state index contributed by atoms with van der Waals surface area (Å²) in [4.78, 5) is 12.4. The predicted octanol–water partition coefficient (Wildman–Crippen LogP) is 3.97. The van der Waals surface area contributed by atoms with Crippen LogP contribution in [0.5, 0.6) is 0 Å². The van der Waals surface area contributed by atoms with Gasteiger partial charge in [-0.15, -0.1) is 0 Å². The standard InChI is InChI=1S/C16H15BrN2O2/c1-9-4-5-14-11(6-9)7-15(21-14)13(20)8-12-16(17)10(2)18-19(12)3/h4-7H,8H2,1-3H3. The van der Waals surface area contributed by atoms with Crippen LogP contribution in [0.3, 0.4) is 0 Å². The van der Waals surface area contributed by atoms with E-state index in [2.05, 4.69) is 21.0 Å². The van der Waals surface area contributed by atoms with Crippen molar-refractivity contribution in [1.82, 2.24) is 9.78 Å². The Kier molecular flexibility index (Phi) is 3.45. The number of carbonyl (C=O) groups excluding carboxylic acids is 1. The molecule has 0 N–H and O–H groups in total. The maximum absolute atomic E-state index is 12.4. The average Bonchev–Trinajstić information content (AvgIpc) is 2.95. The fraction of sp³-hybridized carbons (Fsp3) is 0.250. The molecule has 3 aromatic rings. The second kappa shape index (κ2) is 5.15. The van der Waals surface area contributed by atoms with Gasteiger partial charge in [-0.1, -0.05) is 11.6 Å². The Bertz CT molecular complexity index is 845. The van der Waals surface area contributed by atoms with Crippen molar-refractivity contribution in [2.24, 2.45) is 7.05 Å². The summed E-state index contributed by atoms with van der Waals surface area (Å²) in [6, 6.07) is 7.69. The van der Waals surface area contributed by atoms with E-state index in [0.29, 0.717) is 5.76 Å². The van der Waals surface area contributed by atoms with Crippen LogP contribution in [0.2, 0.25) is 0 Å². The highest BCUT2D eigenvalue weighted by Crippen LogP contribution is 2.24. The SMILES string of the molecule is Cc1ccc2oc(C(=O)Cc3c(Br)c(C)nn3C)cc2c1. The first-order valence-electron chi connectivity index (χ1n) is 6.67. The topological polar surface area (TPSA) is 48.0 Å². The minimum Gasteiger partial charge on any atom is -0.453 e. The van der Waals surface area contributed by atoms with E-state index in [0.717, 1.165) is 32.4 Å². The zero-order valence-corrected chi connectivity index (χ0v) is 13.7. The Hall–Kier alpha value is -1.88. The van der Waals surface area contributed by atoms with Gasteiger partial charge in [0.2, 0.25) is 5.78 Å². The molecule has 0 aliphatic carbocycles. The van der Waals surface area contributed by atoms with Crippen molar-refractivity contribution < 1.29 is 9.21 Å². The van der Waals surface area contributed by atoms with Gasteiger partial charge >= 0.3 is 0 Å². The van der Waals surface area contributed by atoms with E-state index in [1.807, 2.05) is 45.2 Å². The van der Waals surface area contributed by atoms with Gasteiger partial charge in [0.1, 0.15) is 5.58 Å². The van der Waals surface area contributed by atoms with Gasteiger partial charge in [0.15, 0.2) is 5.76 Å². The number of fused-ring (bicyclic) bond motifs is 1. The molecule has 0 atom stereocenters. The number of benzene rings is 1. The number of hydrogen-bond donors (Lipinski definition) is 0. The van der Waals surface area contributed by atoms with Crippen LogP contribution in [0, 0.1) is 13.8 Å². The van der Waals surface area contributed by atoms with Gasteiger partial charge in [-0.05, 0) is 48.0 Å². The maximum Gasteiger partial charge on any atom is 0.203 e. The van der Waals surface area contributed by atoms with E-state index < -0.39 is 0 Å². The average molecular weight is 347 g/mol. The molecule has 1 aromatic carbocycles. The first-order chi connectivity index (χ1) is 9.95. The van der Waals surface area contributed by atoms with Gasteiger partial charge < -0.3 is 4.42 Å². The number of carbonyl (C=O) groups is 1. The minimum absolute atomic E-state index is 0.0486. The molecule has 0 spiro atoms. The Morgan fingerprint density at radius 3 is 2.76 bits per heavy atom. The fourth-order valence-electron chi connectivity index (χ4n) is 2.41. The highest BCUT2D eigenvalue weighted by molar-refractivity contribution is 9.10. The summed E-state index contributed by atoms with van der Waals surface area (Å²) in [5, 5.41) is 5.26. The van der Waals surface area contributed by atoms with E-state index in [9.17, 15) is 4.79 Å². The molecule has 0 saturated heterocycles. The van der Waals surface area contributed by atoms with Crippen LogP contribution in [0.4, 0.5) is 0 Å². The summed E-state index contributed by atoms with van der Waals surface area (Å²) in [6.07, 6.45) is 0.261. The molecule has 2 heterocycles. The van der Waals surface area contributed by atoms with Crippen molar-refractivity contribution in [2.75, 3.05) is 0 Å². The number of furan rings is 1. The number of nitrogens with zero attached hydrogens (tertiary/aromatic N) is 2. The lowest BCUT2D eigenvalue weighted by molar-refractivity contribution is 0.0966. The Balaban J connectivity index is 1.93. The zero-order valence-electron chi connectivity index (χ0n) is 12.1. The quantitative estimate of drug-likeness (QED) is 0.674. The van der Waals surface area contributed by atoms with Gasteiger partial charge in [-0.3, -0.25) is 9.48 Å². The summed E-state index contributed by atoms with van der Waals surface area (Å²) in [7, 11) is 1.84. The lowest BCUT2D eigenvalue weighted by Gasteiger charge is -2.00. The fourth-order valence-corrected chi connectivity index (χ4v) is 2.89. The first-order valence-corrected chi connectivity index (χ1v) is 7.46. The van der Waals surface area contributed by atoms with Crippen LogP contribution in [-0.4, -0.2) is 15.6 Å². The number of Topliss-reactive ketones (excluding diaryl/α,β-unsaturated/α-hetero) is 1. The first kappa shape index (κ1) is 14.1. The Labute approximate surface area is 130 Å². The molecule has 0 amide bonds. The molecule has 21 heavy (non-hydrogen) atoms. The van der Waals surface area contributed by atoms with E-state index >= 15 is 0 Å². The largest absolute Gasteiger partial charge is 0.453 e. The van der Waals surface area contributed by atoms with Crippen molar-refractivity contribution in [3.05, 3.63) is 51.4 Å². The molecule has 0 unspecified atom stereocenters. The van der Waals surface area contributed by atoms with Gasteiger partial charge in [-0.2, -0.15) is 5.10 Å². The number of ketones is 1. The molecule has 108 valence electrons. The van der Waals surface area contributed by atoms with Crippen molar-refractivity contribution in [2.45, 2.75) is 20.3 Å². The molecular weight excluding hydrogens is 332 g/mol. The summed E-state index contributed by atoms with van der Waals surface area (Å²) in [6.45, 7) is 3.92. The van der Waals surface area contributed by atoms with E-state index in [4.69, 9.17) is 4.42 Å². The highest BCUT2D eigenvalue weighted by Gasteiger charge is 2.18. The van der Waals surface area contributed by atoms with E-state index in [1.54, 1.807) is 4.68 Å². The Morgan fingerprint density at radius 2 is 2.10 bits per heavy atom. The molecule has 0 radical (unpaired) electrons. The van der Waals surface area contributed by atoms with E-state index in [-0.39, 0.29) is 12.2 Å². The Morgan fingerprint density at radius 1 is 1.33 bits per heavy atom. The van der Waals surface area contributed by atoms with Crippen molar-refractivity contribution in [3.8, 4) is 0 Å². The third-order valence-electron chi connectivity index (χ3n) is 3.54.